The largest absolute Gasteiger partial charge is 0.388 e. The van der Waals surface area contributed by atoms with E-state index in [0.29, 0.717) is 38.2 Å². The number of benzene rings is 1. The average Bonchev–Trinajstić information content (AvgIpc) is 2.41. The van der Waals surface area contributed by atoms with Crippen molar-refractivity contribution in [2.24, 2.45) is 0 Å². The molecule has 20 heavy (non-hydrogen) atoms. The first-order valence-electron chi connectivity index (χ1n) is 6.73. The number of ether oxygens (including phenoxy) is 1. The molecule has 0 bridgehead atoms. The van der Waals surface area contributed by atoms with Crippen molar-refractivity contribution in [3.8, 4) is 0 Å². The van der Waals surface area contributed by atoms with Crippen LogP contribution in [0.15, 0.2) is 22.7 Å². The Morgan fingerprint density at radius 1 is 1.45 bits per heavy atom. The van der Waals surface area contributed by atoms with Crippen LogP contribution in [0.25, 0.3) is 0 Å². The molecule has 0 saturated carbocycles. The van der Waals surface area contributed by atoms with Crippen molar-refractivity contribution < 1.29 is 14.6 Å². The minimum atomic E-state index is -0.826. The molecule has 0 radical (unpaired) electrons. The lowest BCUT2D eigenvalue weighted by Crippen LogP contribution is -2.47. The number of nitrogens with zero attached hydrogens (tertiary/aromatic N) is 1. The molecule has 1 aromatic rings. The lowest BCUT2D eigenvalue weighted by molar-refractivity contribution is -0.0734. The Hall–Kier alpha value is -0.910. The minimum Gasteiger partial charge on any atom is -0.388 e. The summed E-state index contributed by atoms with van der Waals surface area (Å²) in [5.74, 6) is -0.0690. The van der Waals surface area contributed by atoms with Crippen LogP contribution in [0.2, 0.25) is 0 Å². The normalized spacial score (nSPS) is 17.8. The molecule has 1 N–H and O–H groups in total. The van der Waals surface area contributed by atoms with Crippen LogP contribution in [0.5, 0.6) is 0 Å². The summed E-state index contributed by atoms with van der Waals surface area (Å²) in [6.45, 7) is 3.39. The molecular weight excluding hydrogens is 322 g/mol. The Morgan fingerprint density at radius 3 is 2.70 bits per heavy atom. The van der Waals surface area contributed by atoms with E-state index in [1.165, 1.54) is 0 Å². The van der Waals surface area contributed by atoms with Gasteiger partial charge >= 0.3 is 0 Å². The first-order valence-corrected chi connectivity index (χ1v) is 7.52. The van der Waals surface area contributed by atoms with E-state index in [1.807, 2.05) is 19.1 Å². The summed E-state index contributed by atoms with van der Waals surface area (Å²) >= 11 is 3.42. The zero-order valence-electron chi connectivity index (χ0n) is 11.9. The molecule has 0 aliphatic carbocycles. The summed E-state index contributed by atoms with van der Waals surface area (Å²) in [5.41, 5.74) is 0.838. The number of likely N-dealkylation sites (N-methyl/N-ethyl adjacent to an activating group) is 1. The second-order valence-corrected chi connectivity index (χ2v) is 6.32. The van der Waals surface area contributed by atoms with Crippen LogP contribution in [-0.4, -0.2) is 48.3 Å². The molecule has 0 aromatic heterocycles. The van der Waals surface area contributed by atoms with E-state index in [2.05, 4.69) is 15.9 Å². The summed E-state index contributed by atoms with van der Waals surface area (Å²) in [7, 11) is 1.73. The van der Waals surface area contributed by atoms with E-state index in [1.54, 1.807) is 18.0 Å². The minimum absolute atomic E-state index is 0.0690. The first kappa shape index (κ1) is 15.5. The number of hydrogen-bond donors (Lipinski definition) is 1. The number of carbonyl (C=O) groups is 1. The second-order valence-electron chi connectivity index (χ2n) is 5.46. The number of amides is 1. The number of carbonyl (C=O) groups excluding carboxylic acids is 1. The van der Waals surface area contributed by atoms with Gasteiger partial charge in [0.05, 0.1) is 5.60 Å². The van der Waals surface area contributed by atoms with Gasteiger partial charge in [-0.2, -0.15) is 0 Å². The molecule has 0 atom stereocenters. The van der Waals surface area contributed by atoms with Crippen molar-refractivity contribution in [3.05, 3.63) is 33.8 Å². The highest BCUT2D eigenvalue weighted by Crippen LogP contribution is 2.23. The third kappa shape index (κ3) is 3.59. The molecule has 110 valence electrons. The molecule has 5 heteroatoms. The highest BCUT2D eigenvalue weighted by molar-refractivity contribution is 9.10. The molecule has 1 saturated heterocycles. The lowest BCUT2D eigenvalue weighted by Gasteiger charge is -2.35. The lowest BCUT2D eigenvalue weighted by atomic mass is 9.93. The van der Waals surface area contributed by atoms with Gasteiger partial charge in [-0.3, -0.25) is 4.79 Å². The highest BCUT2D eigenvalue weighted by Gasteiger charge is 2.32. The summed E-state index contributed by atoms with van der Waals surface area (Å²) < 4.78 is 6.24. The van der Waals surface area contributed by atoms with Gasteiger partial charge in [0.15, 0.2) is 0 Å². The first-order chi connectivity index (χ1) is 9.41. The summed E-state index contributed by atoms with van der Waals surface area (Å²) in [6, 6.07) is 5.53. The molecule has 1 aromatic carbocycles. The Balaban J connectivity index is 2.06. The molecule has 1 aliphatic rings. The third-order valence-corrected chi connectivity index (χ3v) is 4.60. The number of aryl methyl sites for hydroxylation is 1. The molecule has 4 nitrogen and oxygen atoms in total. The number of aliphatic hydroxyl groups is 1. The smallest absolute Gasteiger partial charge is 0.253 e. The molecule has 0 spiro atoms. The quantitative estimate of drug-likeness (QED) is 0.918. The number of halogens is 1. The van der Waals surface area contributed by atoms with Crippen LogP contribution in [0, 0.1) is 6.92 Å². The number of rotatable bonds is 3. The molecule has 1 fully saturated rings. The molecule has 0 unspecified atom stereocenters. The Morgan fingerprint density at radius 2 is 2.10 bits per heavy atom. The van der Waals surface area contributed by atoms with Crippen molar-refractivity contribution in [2.75, 3.05) is 26.8 Å². The molecule has 1 heterocycles. The van der Waals surface area contributed by atoms with Gasteiger partial charge in [0.25, 0.3) is 5.91 Å². The highest BCUT2D eigenvalue weighted by atomic mass is 79.9. The van der Waals surface area contributed by atoms with Gasteiger partial charge < -0.3 is 14.7 Å². The molecule has 1 amide bonds. The summed E-state index contributed by atoms with van der Waals surface area (Å²) in [5, 5.41) is 10.5. The van der Waals surface area contributed by atoms with Gasteiger partial charge in [-0.25, -0.2) is 0 Å². The molecular formula is C15H20BrNO3. The van der Waals surface area contributed by atoms with Gasteiger partial charge in [0.2, 0.25) is 0 Å². The SMILES string of the molecule is Cc1cc(C(=O)N(C)CC2(O)CCOCC2)ccc1Br. The van der Waals surface area contributed by atoms with Crippen LogP contribution in [0.4, 0.5) is 0 Å². The average molecular weight is 342 g/mol. The van der Waals surface area contributed by atoms with Crippen molar-refractivity contribution in [1.82, 2.24) is 4.90 Å². The topological polar surface area (TPSA) is 49.8 Å². The van der Waals surface area contributed by atoms with E-state index in [4.69, 9.17) is 4.74 Å². The third-order valence-electron chi connectivity index (χ3n) is 3.71. The fourth-order valence-corrected chi connectivity index (χ4v) is 2.67. The van der Waals surface area contributed by atoms with Crippen LogP contribution in [0.3, 0.4) is 0 Å². The predicted octanol–water partition coefficient (Wildman–Crippen LogP) is 2.37. The van der Waals surface area contributed by atoms with Gasteiger partial charge in [0, 0.05) is 49.7 Å². The van der Waals surface area contributed by atoms with Crippen LogP contribution < -0.4 is 0 Å². The number of hydrogen-bond acceptors (Lipinski definition) is 3. The fraction of sp³-hybridized carbons (Fsp3) is 0.533. The summed E-state index contributed by atoms with van der Waals surface area (Å²) in [6.07, 6.45) is 1.15. The van der Waals surface area contributed by atoms with E-state index < -0.39 is 5.60 Å². The zero-order chi connectivity index (χ0) is 14.8. The van der Waals surface area contributed by atoms with Crippen molar-refractivity contribution in [3.63, 3.8) is 0 Å². The van der Waals surface area contributed by atoms with Crippen molar-refractivity contribution >= 4 is 21.8 Å². The van der Waals surface area contributed by atoms with Crippen LogP contribution in [-0.2, 0) is 4.74 Å². The Labute approximate surface area is 127 Å². The fourth-order valence-electron chi connectivity index (χ4n) is 2.42. The van der Waals surface area contributed by atoms with E-state index in [-0.39, 0.29) is 5.91 Å². The zero-order valence-corrected chi connectivity index (χ0v) is 13.4. The standard InChI is InChI=1S/C15H20BrNO3/c1-11-9-12(3-4-13(11)16)14(18)17(2)10-15(19)5-7-20-8-6-15/h3-4,9,19H,5-8,10H2,1-2H3. The maximum absolute atomic E-state index is 12.4. The second kappa shape index (κ2) is 6.24. The molecule has 1 aliphatic heterocycles. The van der Waals surface area contributed by atoms with Gasteiger partial charge in [0.1, 0.15) is 0 Å². The van der Waals surface area contributed by atoms with E-state index >= 15 is 0 Å². The van der Waals surface area contributed by atoms with Crippen molar-refractivity contribution in [2.45, 2.75) is 25.4 Å². The van der Waals surface area contributed by atoms with Gasteiger partial charge in [-0.05, 0) is 30.7 Å². The monoisotopic (exact) mass is 341 g/mol. The van der Waals surface area contributed by atoms with Crippen LogP contribution >= 0.6 is 15.9 Å². The predicted molar refractivity (Wildman–Crippen MR) is 80.8 cm³/mol. The van der Waals surface area contributed by atoms with E-state index in [9.17, 15) is 9.90 Å². The van der Waals surface area contributed by atoms with E-state index in [0.717, 1.165) is 10.0 Å². The molecule has 2 rings (SSSR count). The summed E-state index contributed by atoms with van der Waals surface area (Å²) in [4.78, 5) is 14.0. The van der Waals surface area contributed by atoms with Crippen LogP contribution in [0.1, 0.15) is 28.8 Å². The Kier molecular flexibility index (Phi) is 4.83. The maximum atomic E-state index is 12.4. The maximum Gasteiger partial charge on any atom is 0.253 e. The van der Waals surface area contributed by atoms with Gasteiger partial charge in [-0.15, -0.1) is 0 Å². The van der Waals surface area contributed by atoms with Crippen molar-refractivity contribution in [1.29, 1.82) is 0 Å². The Bertz CT molecular complexity index is 498. The van der Waals surface area contributed by atoms with Gasteiger partial charge in [-0.1, -0.05) is 15.9 Å².